The van der Waals surface area contributed by atoms with E-state index in [0.717, 1.165) is 11.6 Å². The summed E-state index contributed by atoms with van der Waals surface area (Å²) in [5.41, 5.74) is 5.78. The van der Waals surface area contributed by atoms with Gasteiger partial charge >= 0.3 is 6.18 Å². The van der Waals surface area contributed by atoms with Crippen molar-refractivity contribution >= 4 is 17.6 Å². The van der Waals surface area contributed by atoms with E-state index in [-0.39, 0.29) is 36.6 Å². The molecule has 0 unspecified atom stereocenters. The monoisotopic (exact) mass is 464 g/mol. The number of aliphatic hydroxyl groups excluding tert-OH is 1. The fraction of sp³-hybridized carbons (Fsp3) is 0.526. The predicted octanol–water partition coefficient (Wildman–Crippen LogP) is 3.12. The Hall–Kier alpha value is -2.37. The standard InChI is InChI=1S/C17H20ClF3N4O2.C2H4O2/c18-11-2-1-3-12(7-11)27-8-15-23-16(25(24-15)9-17(19,20)21)10-4-5-13(22)14(26)6-10;1-2(3)4/h1-3,7,10,13-14,26H,4-6,8-9,22H2;1H3,(H,3,4)/t10-,13+,14+;/m0./s1. The molecule has 1 heterocycles. The summed E-state index contributed by atoms with van der Waals surface area (Å²) in [7, 11) is 0. The van der Waals surface area contributed by atoms with Crippen molar-refractivity contribution in [3.63, 3.8) is 0 Å². The first-order valence-electron chi connectivity index (χ1n) is 9.46. The van der Waals surface area contributed by atoms with Crippen LogP contribution in [0.5, 0.6) is 5.75 Å². The summed E-state index contributed by atoms with van der Waals surface area (Å²) in [4.78, 5) is 13.3. The molecule has 0 spiro atoms. The Kier molecular flexibility index (Phi) is 8.66. The molecule has 1 aromatic carbocycles. The average molecular weight is 465 g/mol. The van der Waals surface area contributed by atoms with Gasteiger partial charge in [0.2, 0.25) is 0 Å². The number of hydrogen-bond acceptors (Lipinski definition) is 6. The fourth-order valence-electron chi connectivity index (χ4n) is 3.16. The van der Waals surface area contributed by atoms with Gasteiger partial charge in [0.15, 0.2) is 5.82 Å². The number of halogens is 4. The lowest BCUT2D eigenvalue weighted by Gasteiger charge is -2.30. The van der Waals surface area contributed by atoms with Crippen LogP contribution in [0.3, 0.4) is 0 Å². The Balaban J connectivity index is 0.000000785. The van der Waals surface area contributed by atoms with Crippen molar-refractivity contribution in [1.29, 1.82) is 0 Å². The van der Waals surface area contributed by atoms with Gasteiger partial charge in [-0.1, -0.05) is 17.7 Å². The van der Waals surface area contributed by atoms with Gasteiger partial charge in [-0.2, -0.15) is 18.3 Å². The topological polar surface area (TPSA) is 123 Å². The number of aliphatic hydroxyl groups is 1. The van der Waals surface area contributed by atoms with Crippen molar-refractivity contribution in [2.24, 2.45) is 5.73 Å². The molecule has 172 valence electrons. The summed E-state index contributed by atoms with van der Waals surface area (Å²) in [5, 5.41) is 21.8. The van der Waals surface area contributed by atoms with Crippen LogP contribution >= 0.6 is 11.6 Å². The normalized spacial score (nSPS) is 21.2. The van der Waals surface area contributed by atoms with Gasteiger partial charge in [0, 0.05) is 23.9 Å². The third kappa shape index (κ3) is 8.35. The SMILES string of the molecule is CC(=O)O.N[C@@H]1CC[C@H](c2nc(COc3cccc(Cl)c3)nn2CC(F)(F)F)C[C@H]1O. The van der Waals surface area contributed by atoms with Crippen molar-refractivity contribution in [2.45, 2.75) is 63.6 Å². The molecular weight excluding hydrogens is 441 g/mol. The van der Waals surface area contributed by atoms with Crippen molar-refractivity contribution in [3.05, 3.63) is 40.9 Å². The molecule has 1 saturated carbocycles. The van der Waals surface area contributed by atoms with Crippen LogP contribution in [0.1, 0.15) is 43.8 Å². The first-order valence-corrected chi connectivity index (χ1v) is 9.84. The molecule has 0 bridgehead atoms. The highest BCUT2D eigenvalue weighted by Crippen LogP contribution is 2.33. The highest BCUT2D eigenvalue weighted by Gasteiger charge is 2.35. The lowest BCUT2D eigenvalue weighted by molar-refractivity contribution is -0.143. The quantitative estimate of drug-likeness (QED) is 0.621. The van der Waals surface area contributed by atoms with Crippen LogP contribution in [-0.4, -0.2) is 49.3 Å². The maximum atomic E-state index is 12.9. The van der Waals surface area contributed by atoms with Crippen LogP contribution in [0.2, 0.25) is 5.02 Å². The van der Waals surface area contributed by atoms with Crippen LogP contribution in [0, 0.1) is 0 Å². The Labute approximate surface area is 181 Å². The molecule has 0 amide bonds. The Morgan fingerprint density at radius 1 is 1.39 bits per heavy atom. The average Bonchev–Trinajstić information content (AvgIpc) is 3.03. The van der Waals surface area contributed by atoms with E-state index in [9.17, 15) is 18.3 Å². The number of aromatic nitrogens is 3. The molecule has 1 aliphatic rings. The van der Waals surface area contributed by atoms with E-state index in [1.165, 1.54) is 0 Å². The zero-order valence-electron chi connectivity index (χ0n) is 16.7. The van der Waals surface area contributed by atoms with Crippen molar-refractivity contribution < 1.29 is 32.9 Å². The zero-order valence-corrected chi connectivity index (χ0v) is 17.5. The number of nitrogens with zero attached hydrogens (tertiary/aromatic N) is 3. The maximum Gasteiger partial charge on any atom is 0.408 e. The van der Waals surface area contributed by atoms with E-state index in [0.29, 0.717) is 23.6 Å². The number of rotatable bonds is 5. The molecule has 3 atom stereocenters. The molecule has 0 aliphatic heterocycles. The second kappa shape index (κ2) is 10.8. The highest BCUT2D eigenvalue weighted by molar-refractivity contribution is 6.30. The summed E-state index contributed by atoms with van der Waals surface area (Å²) in [6.45, 7) is -0.252. The number of nitrogens with two attached hydrogens (primary N) is 1. The minimum absolute atomic E-state index is 0.0903. The molecule has 31 heavy (non-hydrogen) atoms. The van der Waals surface area contributed by atoms with Gasteiger partial charge in [0.1, 0.15) is 24.7 Å². The van der Waals surface area contributed by atoms with Crippen LogP contribution in [-0.2, 0) is 17.9 Å². The Bertz CT molecular complexity index is 874. The van der Waals surface area contributed by atoms with E-state index in [1.807, 2.05) is 0 Å². The zero-order chi connectivity index (χ0) is 23.2. The number of aliphatic carboxylic acids is 1. The number of alkyl halides is 3. The fourth-order valence-corrected chi connectivity index (χ4v) is 3.34. The van der Waals surface area contributed by atoms with E-state index in [4.69, 9.17) is 32.0 Å². The lowest BCUT2D eigenvalue weighted by atomic mass is 9.84. The minimum Gasteiger partial charge on any atom is -0.485 e. The Morgan fingerprint density at radius 3 is 2.65 bits per heavy atom. The molecule has 4 N–H and O–H groups in total. The number of ether oxygens (including phenoxy) is 1. The molecular formula is C19H24ClF3N4O4. The van der Waals surface area contributed by atoms with Gasteiger partial charge in [-0.15, -0.1) is 0 Å². The largest absolute Gasteiger partial charge is 0.485 e. The summed E-state index contributed by atoms with van der Waals surface area (Å²) >= 11 is 5.88. The number of carbonyl (C=O) groups is 1. The van der Waals surface area contributed by atoms with Crippen LogP contribution in [0.25, 0.3) is 0 Å². The molecule has 1 aromatic heterocycles. The summed E-state index contributed by atoms with van der Waals surface area (Å²) in [5.74, 6) is -0.369. The van der Waals surface area contributed by atoms with E-state index in [1.54, 1.807) is 24.3 Å². The summed E-state index contributed by atoms with van der Waals surface area (Å²) in [6.07, 6.45) is -3.89. The summed E-state index contributed by atoms with van der Waals surface area (Å²) < 4.78 is 45.2. The van der Waals surface area contributed by atoms with E-state index < -0.39 is 24.8 Å². The molecule has 1 fully saturated rings. The van der Waals surface area contributed by atoms with Gasteiger partial charge in [-0.05, 0) is 37.5 Å². The number of hydrogen-bond donors (Lipinski definition) is 3. The minimum atomic E-state index is -4.43. The first kappa shape index (κ1) is 24.9. The number of benzene rings is 1. The van der Waals surface area contributed by atoms with Gasteiger partial charge in [-0.25, -0.2) is 9.67 Å². The first-order chi connectivity index (χ1) is 14.4. The number of carboxylic acid groups (broad SMARTS) is 1. The van der Waals surface area contributed by atoms with Gasteiger partial charge in [0.25, 0.3) is 5.97 Å². The second-order valence-corrected chi connectivity index (χ2v) is 7.60. The molecule has 2 aromatic rings. The maximum absolute atomic E-state index is 12.9. The number of carboxylic acids is 1. The lowest BCUT2D eigenvalue weighted by Crippen LogP contribution is -2.40. The van der Waals surface area contributed by atoms with E-state index in [2.05, 4.69) is 10.1 Å². The van der Waals surface area contributed by atoms with Crippen LogP contribution < -0.4 is 10.5 Å². The van der Waals surface area contributed by atoms with Gasteiger partial charge in [0.05, 0.1) is 6.10 Å². The van der Waals surface area contributed by atoms with E-state index >= 15 is 0 Å². The van der Waals surface area contributed by atoms with Crippen LogP contribution in [0.4, 0.5) is 13.2 Å². The van der Waals surface area contributed by atoms with Gasteiger partial charge in [-0.3, -0.25) is 4.79 Å². The third-order valence-electron chi connectivity index (χ3n) is 4.47. The second-order valence-electron chi connectivity index (χ2n) is 7.17. The molecule has 0 radical (unpaired) electrons. The smallest absolute Gasteiger partial charge is 0.408 e. The summed E-state index contributed by atoms with van der Waals surface area (Å²) in [6, 6.07) is 6.28. The highest BCUT2D eigenvalue weighted by atomic mass is 35.5. The molecule has 12 heteroatoms. The van der Waals surface area contributed by atoms with Crippen molar-refractivity contribution in [1.82, 2.24) is 14.8 Å². The molecule has 8 nitrogen and oxygen atoms in total. The molecule has 0 saturated heterocycles. The predicted molar refractivity (Wildman–Crippen MR) is 106 cm³/mol. The van der Waals surface area contributed by atoms with Crippen LogP contribution in [0.15, 0.2) is 24.3 Å². The Morgan fingerprint density at radius 2 is 2.06 bits per heavy atom. The van der Waals surface area contributed by atoms with Crippen molar-refractivity contribution in [3.8, 4) is 5.75 Å². The molecule has 1 aliphatic carbocycles. The van der Waals surface area contributed by atoms with Gasteiger partial charge < -0.3 is 20.7 Å². The van der Waals surface area contributed by atoms with Crippen molar-refractivity contribution in [2.75, 3.05) is 0 Å². The third-order valence-corrected chi connectivity index (χ3v) is 4.71. The molecule has 3 rings (SSSR count).